The van der Waals surface area contributed by atoms with Gasteiger partial charge in [-0.3, -0.25) is 4.79 Å². The van der Waals surface area contributed by atoms with Crippen molar-refractivity contribution in [1.29, 1.82) is 0 Å². The summed E-state index contributed by atoms with van der Waals surface area (Å²) in [5.74, 6) is -0.384. The summed E-state index contributed by atoms with van der Waals surface area (Å²) in [4.78, 5) is 10.8. The van der Waals surface area contributed by atoms with Gasteiger partial charge < -0.3 is 4.74 Å². The van der Waals surface area contributed by atoms with E-state index in [2.05, 4.69) is 0 Å². The number of hydrogen-bond acceptors (Lipinski definition) is 2. The molecule has 0 heterocycles. The largest absolute Gasteiger partial charge is 0.489 e. The van der Waals surface area contributed by atoms with Gasteiger partial charge in [0, 0.05) is 16.1 Å². The van der Waals surface area contributed by atoms with Crippen LogP contribution in [-0.2, 0) is 19.0 Å². The number of carbonyl (C=O) groups excluding carboxylic acids is 1. The second-order valence-electron chi connectivity index (χ2n) is 4.99. The molecule has 0 aromatic heterocycles. The molecule has 0 radical (unpaired) electrons. The molecule has 2 aromatic rings. The molecule has 2 aromatic carbocycles. The summed E-state index contributed by atoms with van der Waals surface area (Å²) < 4.78 is 82.2. The van der Waals surface area contributed by atoms with E-state index in [1.54, 1.807) is 0 Å². The van der Waals surface area contributed by atoms with Gasteiger partial charge >= 0.3 is 12.4 Å². The molecule has 0 N–H and O–H groups in total. The van der Waals surface area contributed by atoms with Gasteiger partial charge in [-0.05, 0) is 36.4 Å². The van der Waals surface area contributed by atoms with Crippen LogP contribution in [0.4, 0.5) is 26.3 Å². The van der Waals surface area contributed by atoms with Crippen LogP contribution in [0.15, 0.2) is 36.4 Å². The minimum atomic E-state index is -4.73. The quantitative estimate of drug-likeness (QED) is 0.495. The summed E-state index contributed by atoms with van der Waals surface area (Å²) in [5, 5.41) is 0.0178. The van der Waals surface area contributed by atoms with Crippen LogP contribution in [0, 0.1) is 0 Å². The van der Waals surface area contributed by atoms with E-state index in [4.69, 9.17) is 16.3 Å². The van der Waals surface area contributed by atoms with Crippen molar-refractivity contribution in [3.05, 3.63) is 63.7 Å². The van der Waals surface area contributed by atoms with Crippen molar-refractivity contribution in [3.63, 3.8) is 0 Å². The Morgan fingerprint density at radius 2 is 1.64 bits per heavy atom. The third kappa shape index (κ3) is 4.88. The fourth-order valence-electron chi connectivity index (χ4n) is 2.06. The third-order valence-electron chi connectivity index (χ3n) is 3.16. The van der Waals surface area contributed by atoms with Crippen LogP contribution >= 0.6 is 11.6 Å². The normalized spacial score (nSPS) is 12.1. The van der Waals surface area contributed by atoms with Crippen LogP contribution in [-0.4, -0.2) is 6.29 Å². The van der Waals surface area contributed by atoms with E-state index in [1.807, 2.05) is 0 Å². The number of ether oxygens (including phenoxy) is 1. The third-order valence-corrected chi connectivity index (χ3v) is 3.39. The average Bonchev–Trinajstić information content (AvgIpc) is 2.50. The summed E-state index contributed by atoms with van der Waals surface area (Å²) >= 11 is 5.66. The first-order valence-corrected chi connectivity index (χ1v) is 7.04. The second kappa shape index (κ2) is 6.95. The standard InChI is InChI=1S/C16H9ClF6O2/c17-12-1-2-14(16(21,22)23)10(5-12)8-25-13-4-9(7-24)3-11(6-13)15(18,19)20/h1-7H,8H2. The molecule has 0 unspecified atom stereocenters. The van der Waals surface area contributed by atoms with Crippen molar-refractivity contribution >= 4 is 17.9 Å². The van der Waals surface area contributed by atoms with Gasteiger partial charge in [0.15, 0.2) is 0 Å². The zero-order valence-corrected chi connectivity index (χ0v) is 13.0. The lowest BCUT2D eigenvalue weighted by Gasteiger charge is -2.15. The highest BCUT2D eigenvalue weighted by molar-refractivity contribution is 6.30. The minimum Gasteiger partial charge on any atom is -0.489 e. The number of benzene rings is 2. The fraction of sp³-hybridized carbons (Fsp3) is 0.188. The molecule has 0 aliphatic rings. The molecule has 0 fully saturated rings. The first kappa shape index (κ1) is 19.1. The zero-order valence-electron chi connectivity index (χ0n) is 12.2. The van der Waals surface area contributed by atoms with Gasteiger partial charge in [0.25, 0.3) is 0 Å². The fourth-order valence-corrected chi connectivity index (χ4v) is 2.25. The van der Waals surface area contributed by atoms with Gasteiger partial charge in [0.1, 0.15) is 18.6 Å². The predicted molar refractivity (Wildman–Crippen MR) is 77.6 cm³/mol. The lowest BCUT2D eigenvalue weighted by atomic mass is 10.1. The Balaban J connectivity index is 2.33. The van der Waals surface area contributed by atoms with Gasteiger partial charge in [0.2, 0.25) is 0 Å². The highest BCUT2D eigenvalue weighted by Crippen LogP contribution is 2.35. The molecule has 134 valence electrons. The van der Waals surface area contributed by atoms with E-state index in [-0.39, 0.29) is 28.2 Å². The first-order valence-electron chi connectivity index (χ1n) is 6.66. The average molecular weight is 383 g/mol. The highest BCUT2D eigenvalue weighted by Gasteiger charge is 2.34. The van der Waals surface area contributed by atoms with Crippen LogP contribution in [0.5, 0.6) is 5.75 Å². The number of halogens is 7. The van der Waals surface area contributed by atoms with Gasteiger partial charge in [-0.2, -0.15) is 26.3 Å². The first-order chi connectivity index (χ1) is 11.5. The molecule has 9 heteroatoms. The Labute approximate surface area is 143 Å². The highest BCUT2D eigenvalue weighted by atomic mass is 35.5. The molecule has 0 saturated carbocycles. The Hall–Kier alpha value is -2.22. The number of rotatable bonds is 4. The van der Waals surface area contributed by atoms with Crippen LogP contribution in [0.25, 0.3) is 0 Å². The molecular formula is C16H9ClF6O2. The van der Waals surface area contributed by atoms with Gasteiger partial charge in [0.05, 0.1) is 11.1 Å². The van der Waals surface area contributed by atoms with Crippen molar-refractivity contribution < 1.29 is 35.9 Å². The van der Waals surface area contributed by atoms with E-state index < -0.39 is 30.1 Å². The summed E-state index contributed by atoms with van der Waals surface area (Å²) in [7, 11) is 0. The zero-order chi connectivity index (χ0) is 18.8. The minimum absolute atomic E-state index is 0.0178. The van der Waals surface area contributed by atoms with E-state index in [1.165, 1.54) is 0 Å². The summed E-state index contributed by atoms with van der Waals surface area (Å²) in [6, 6.07) is 5.02. The maximum atomic E-state index is 13.0. The smallest absolute Gasteiger partial charge is 0.416 e. The van der Waals surface area contributed by atoms with Gasteiger partial charge in [-0.15, -0.1) is 0 Å². The monoisotopic (exact) mass is 382 g/mol. The van der Waals surface area contributed by atoms with Crippen LogP contribution in [0.2, 0.25) is 5.02 Å². The summed E-state index contributed by atoms with van der Waals surface area (Å²) in [5.41, 5.74) is -2.81. The lowest BCUT2D eigenvalue weighted by molar-refractivity contribution is -0.138. The number of hydrogen-bond donors (Lipinski definition) is 0. The number of alkyl halides is 6. The maximum absolute atomic E-state index is 13.0. The second-order valence-corrected chi connectivity index (χ2v) is 5.43. The van der Waals surface area contributed by atoms with Gasteiger partial charge in [-0.1, -0.05) is 11.6 Å². The molecular weight excluding hydrogens is 374 g/mol. The Bertz CT molecular complexity index is 783. The van der Waals surface area contributed by atoms with E-state index in [0.717, 1.165) is 24.3 Å². The van der Waals surface area contributed by atoms with Crippen molar-refractivity contribution in [2.75, 3.05) is 0 Å². The molecule has 25 heavy (non-hydrogen) atoms. The van der Waals surface area contributed by atoms with Crippen molar-refractivity contribution in [2.24, 2.45) is 0 Å². The van der Waals surface area contributed by atoms with E-state index in [0.29, 0.717) is 12.1 Å². The van der Waals surface area contributed by atoms with Crippen LogP contribution in [0.3, 0.4) is 0 Å². The van der Waals surface area contributed by atoms with Crippen molar-refractivity contribution in [3.8, 4) is 5.75 Å². The molecule has 0 atom stereocenters. The number of carbonyl (C=O) groups is 1. The summed E-state index contributed by atoms with van der Waals surface area (Å²) in [6.45, 7) is -0.672. The SMILES string of the molecule is O=Cc1cc(OCc2cc(Cl)ccc2C(F)(F)F)cc(C(F)(F)F)c1. The molecule has 0 amide bonds. The van der Waals surface area contributed by atoms with Crippen LogP contribution < -0.4 is 4.74 Å². The molecule has 2 rings (SSSR count). The summed E-state index contributed by atoms with van der Waals surface area (Å²) in [6.07, 6.45) is -9.22. The maximum Gasteiger partial charge on any atom is 0.416 e. The lowest BCUT2D eigenvalue weighted by Crippen LogP contribution is -2.11. The molecule has 0 aliphatic carbocycles. The van der Waals surface area contributed by atoms with E-state index >= 15 is 0 Å². The predicted octanol–water partition coefficient (Wildman–Crippen LogP) is 5.77. The van der Waals surface area contributed by atoms with Gasteiger partial charge in [-0.25, -0.2) is 0 Å². The molecule has 0 bridgehead atoms. The van der Waals surface area contributed by atoms with Crippen molar-refractivity contribution in [2.45, 2.75) is 19.0 Å². The molecule has 0 saturated heterocycles. The number of aldehydes is 1. The Kier molecular flexibility index (Phi) is 5.31. The topological polar surface area (TPSA) is 26.3 Å². The van der Waals surface area contributed by atoms with E-state index in [9.17, 15) is 31.1 Å². The Morgan fingerprint density at radius 1 is 0.960 bits per heavy atom. The molecule has 2 nitrogen and oxygen atoms in total. The molecule has 0 aliphatic heterocycles. The Morgan fingerprint density at radius 3 is 2.20 bits per heavy atom. The van der Waals surface area contributed by atoms with Crippen LogP contribution in [0.1, 0.15) is 27.0 Å². The van der Waals surface area contributed by atoms with Crippen molar-refractivity contribution in [1.82, 2.24) is 0 Å². The molecule has 0 spiro atoms.